The molecule has 6 atom stereocenters. The number of rotatable bonds is 19. The number of carboxylic acid groups (broad SMARTS) is 1. The smallest absolute Gasteiger partial charge is 0.328 e. The molecule has 0 aliphatic carbocycles. The van der Waals surface area contributed by atoms with E-state index >= 15 is 0 Å². The quantitative estimate of drug-likeness (QED) is 0.0670. The standard InChI is InChI=1S/C40H49N7O11/c1-23(43-36(53)29(41)18-25-9-13-27(49)14-10-25)35(52)45-30(19-24-6-3-2-4-7-24)37(54)42-21-34(51)44-31(20-26-11-15-28(50)16-12-26)39(56)47-17-5-8-33(47)38(55)46-32(22-48)40(57)58/h2-4,6-7,9-16,23,29-33,48-50H,5,8,17-22,41H2,1H3,(H,42,54)(H,43,53)(H,44,51)(H,45,52)(H,46,55)(H,57,58)/t23-,29+,30+,31+,32+,33+/m1/s1. The van der Waals surface area contributed by atoms with E-state index in [9.17, 15) is 54.0 Å². The molecular weight excluding hydrogens is 754 g/mol. The summed E-state index contributed by atoms with van der Waals surface area (Å²) in [5.74, 6) is -5.74. The van der Waals surface area contributed by atoms with E-state index in [4.69, 9.17) is 5.73 Å². The molecule has 18 nitrogen and oxygen atoms in total. The van der Waals surface area contributed by atoms with Gasteiger partial charge in [0, 0.05) is 19.4 Å². The second-order valence-corrected chi connectivity index (χ2v) is 13.9. The molecule has 6 amide bonds. The molecule has 1 aliphatic heterocycles. The molecule has 0 spiro atoms. The maximum absolute atomic E-state index is 13.9. The van der Waals surface area contributed by atoms with Crippen molar-refractivity contribution in [3.63, 3.8) is 0 Å². The monoisotopic (exact) mass is 803 g/mol. The zero-order chi connectivity index (χ0) is 42.4. The van der Waals surface area contributed by atoms with Gasteiger partial charge in [0.25, 0.3) is 0 Å². The van der Waals surface area contributed by atoms with Gasteiger partial charge in [-0.05, 0) is 67.1 Å². The zero-order valence-electron chi connectivity index (χ0n) is 31.8. The zero-order valence-corrected chi connectivity index (χ0v) is 31.8. The van der Waals surface area contributed by atoms with Gasteiger partial charge in [-0.1, -0.05) is 54.6 Å². The van der Waals surface area contributed by atoms with Gasteiger partial charge in [0.15, 0.2) is 0 Å². The summed E-state index contributed by atoms with van der Waals surface area (Å²) in [6.45, 7) is 0.0492. The third-order valence-electron chi connectivity index (χ3n) is 9.46. The van der Waals surface area contributed by atoms with Crippen LogP contribution >= 0.6 is 0 Å². The Morgan fingerprint density at radius 3 is 1.86 bits per heavy atom. The first kappa shape index (κ1) is 44.2. The lowest BCUT2D eigenvalue weighted by atomic mass is 10.0. The molecule has 1 aliphatic rings. The number of aliphatic carboxylic acids is 1. The molecule has 0 saturated carbocycles. The highest BCUT2D eigenvalue weighted by Gasteiger charge is 2.39. The van der Waals surface area contributed by atoms with E-state index < -0.39 is 90.8 Å². The van der Waals surface area contributed by atoms with E-state index in [1.54, 1.807) is 54.6 Å². The number of carbonyl (C=O) groups excluding carboxylic acids is 6. The summed E-state index contributed by atoms with van der Waals surface area (Å²) in [6, 6.07) is 13.5. The highest BCUT2D eigenvalue weighted by atomic mass is 16.4. The van der Waals surface area contributed by atoms with Crippen molar-refractivity contribution in [2.45, 2.75) is 75.3 Å². The fraction of sp³-hybridized carbons (Fsp3) is 0.375. The normalized spacial score (nSPS) is 16.1. The minimum Gasteiger partial charge on any atom is -0.508 e. The van der Waals surface area contributed by atoms with Crippen molar-refractivity contribution in [1.82, 2.24) is 31.5 Å². The lowest BCUT2D eigenvalue weighted by Gasteiger charge is -2.29. The highest BCUT2D eigenvalue weighted by molar-refractivity contribution is 5.96. The Kier molecular flexibility index (Phi) is 16.1. The third kappa shape index (κ3) is 13.0. The van der Waals surface area contributed by atoms with Gasteiger partial charge in [0.05, 0.1) is 19.2 Å². The molecule has 1 saturated heterocycles. The molecule has 1 heterocycles. The molecule has 3 aromatic carbocycles. The van der Waals surface area contributed by atoms with Crippen LogP contribution in [0.5, 0.6) is 11.5 Å². The van der Waals surface area contributed by atoms with Crippen LogP contribution in [-0.4, -0.2) is 123 Å². The largest absolute Gasteiger partial charge is 0.508 e. The van der Waals surface area contributed by atoms with Gasteiger partial charge in [-0.25, -0.2) is 4.79 Å². The summed E-state index contributed by atoms with van der Waals surface area (Å²) in [5.41, 5.74) is 7.97. The number of nitrogens with zero attached hydrogens (tertiary/aromatic N) is 1. The second-order valence-electron chi connectivity index (χ2n) is 13.9. The number of hydrogen-bond donors (Lipinski definition) is 10. The molecule has 18 heteroatoms. The molecule has 0 aromatic heterocycles. The van der Waals surface area contributed by atoms with E-state index in [1.807, 2.05) is 0 Å². The number of phenolic OH excluding ortho intramolecular Hbond substituents is 2. The van der Waals surface area contributed by atoms with Crippen LogP contribution in [0.15, 0.2) is 78.9 Å². The van der Waals surface area contributed by atoms with Gasteiger partial charge in [0.1, 0.15) is 41.7 Å². The summed E-state index contributed by atoms with van der Waals surface area (Å²) in [7, 11) is 0. The fourth-order valence-corrected chi connectivity index (χ4v) is 6.28. The van der Waals surface area contributed by atoms with Crippen LogP contribution in [0.3, 0.4) is 0 Å². The van der Waals surface area contributed by atoms with E-state index in [0.717, 1.165) is 0 Å². The van der Waals surface area contributed by atoms with Crippen molar-refractivity contribution in [2.75, 3.05) is 19.7 Å². The summed E-state index contributed by atoms with van der Waals surface area (Å²) >= 11 is 0. The van der Waals surface area contributed by atoms with Gasteiger partial charge in [-0.3, -0.25) is 28.8 Å². The maximum Gasteiger partial charge on any atom is 0.328 e. The molecule has 3 aromatic rings. The second kappa shape index (κ2) is 21.1. The average Bonchev–Trinajstić information content (AvgIpc) is 3.70. The van der Waals surface area contributed by atoms with Gasteiger partial charge >= 0.3 is 5.97 Å². The molecule has 310 valence electrons. The molecule has 0 unspecified atom stereocenters. The summed E-state index contributed by atoms with van der Waals surface area (Å²) in [6.07, 6.45) is 0.677. The minimum atomic E-state index is -1.58. The number of carbonyl (C=O) groups is 7. The number of amides is 6. The van der Waals surface area contributed by atoms with E-state index in [2.05, 4.69) is 26.6 Å². The van der Waals surface area contributed by atoms with Crippen molar-refractivity contribution in [1.29, 1.82) is 0 Å². The summed E-state index contributed by atoms with van der Waals surface area (Å²) < 4.78 is 0. The first-order valence-corrected chi connectivity index (χ1v) is 18.6. The van der Waals surface area contributed by atoms with Gasteiger partial charge in [-0.15, -0.1) is 0 Å². The van der Waals surface area contributed by atoms with Crippen LogP contribution in [0.1, 0.15) is 36.5 Å². The van der Waals surface area contributed by atoms with Crippen LogP contribution in [0, 0.1) is 0 Å². The number of nitrogens with one attached hydrogen (secondary N) is 5. The van der Waals surface area contributed by atoms with Crippen LogP contribution in [0.4, 0.5) is 0 Å². The molecule has 1 fully saturated rings. The fourth-order valence-electron chi connectivity index (χ4n) is 6.28. The first-order valence-electron chi connectivity index (χ1n) is 18.6. The summed E-state index contributed by atoms with van der Waals surface area (Å²) in [4.78, 5) is 92.6. The molecule has 11 N–H and O–H groups in total. The number of carboxylic acids is 1. The Balaban J connectivity index is 1.42. The number of likely N-dealkylation sites (tertiary alicyclic amines) is 1. The Morgan fingerprint density at radius 1 is 0.707 bits per heavy atom. The number of aromatic hydroxyl groups is 2. The molecule has 0 radical (unpaired) electrons. The van der Waals surface area contributed by atoms with Crippen LogP contribution in [-0.2, 0) is 52.8 Å². The van der Waals surface area contributed by atoms with Crippen LogP contribution < -0.4 is 32.3 Å². The molecule has 0 bridgehead atoms. The topological polar surface area (TPSA) is 290 Å². The third-order valence-corrected chi connectivity index (χ3v) is 9.46. The lowest BCUT2D eigenvalue weighted by molar-refractivity contribution is -0.145. The number of aliphatic hydroxyl groups excluding tert-OH is 1. The Morgan fingerprint density at radius 2 is 1.28 bits per heavy atom. The lowest BCUT2D eigenvalue weighted by Crippen LogP contribution is -2.58. The SMILES string of the molecule is C[C@@H](NC(=O)[C@@H](N)Cc1ccc(O)cc1)C(=O)N[C@@H](Cc1ccccc1)C(=O)NCC(=O)N[C@@H](Cc1ccc(O)cc1)C(=O)N1CCC[C@H]1C(=O)N[C@@H](CO)C(=O)O. The number of hydrogen-bond acceptors (Lipinski definition) is 11. The summed E-state index contributed by atoms with van der Waals surface area (Å²) in [5, 5.41) is 50.4. The van der Waals surface area contributed by atoms with Gasteiger partial charge < -0.3 is 57.6 Å². The molecule has 4 rings (SSSR count). The van der Waals surface area contributed by atoms with Crippen molar-refractivity contribution >= 4 is 41.4 Å². The minimum absolute atomic E-state index is 0.0143. The maximum atomic E-state index is 13.9. The van der Waals surface area contributed by atoms with Crippen molar-refractivity contribution in [2.24, 2.45) is 5.73 Å². The Bertz CT molecular complexity index is 1910. The first-order chi connectivity index (χ1) is 27.6. The van der Waals surface area contributed by atoms with Crippen LogP contribution in [0.2, 0.25) is 0 Å². The van der Waals surface area contributed by atoms with E-state index in [0.29, 0.717) is 23.1 Å². The van der Waals surface area contributed by atoms with Crippen LogP contribution in [0.25, 0.3) is 0 Å². The average molecular weight is 804 g/mol. The number of aliphatic hydroxyl groups is 1. The van der Waals surface area contributed by atoms with Gasteiger partial charge in [-0.2, -0.15) is 0 Å². The van der Waals surface area contributed by atoms with E-state index in [-0.39, 0.29) is 43.7 Å². The van der Waals surface area contributed by atoms with Crippen molar-refractivity contribution < 1.29 is 54.0 Å². The molecule has 58 heavy (non-hydrogen) atoms. The number of phenols is 2. The predicted molar refractivity (Wildman–Crippen MR) is 208 cm³/mol. The van der Waals surface area contributed by atoms with Crippen molar-refractivity contribution in [3.05, 3.63) is 95.6 Å². The Hall–Kier alpha value is -6.53. The highest BCUT2D eigenvalue weighted by Crippen LogP contribution is 2.21. The Labute approximate surface area is 334 Å². The van der Waals surface area contributed by atoms with Crippen molar-refractivity contribution in [3.8, 4) is 11.5 Å². The predicted octanol–water partition coefficient (Wildman–Crippen LogP) is -1.40. The van der Waals surface area contributed by atoms with E-state index in [1.165, 1.54) is 36.1 Å². The number of benzene rings is 3. The van der Waals surface area contributed by atoms with Gasteiger partial charge in [0.2, 0.25) is 35.4 Å². The molecular formula is C40H49N7O11. The number of nitrogens with two attached hydrogens (primary N) is 1.